The summed E-state index contributed by atoms with van der Waals surface area (Å²) in [5.41, 5.74) is 0.768. The molecule has 2 saturated heterocycles. The highest BCUT2D eigenvalue weighted by Crippen LogP contribution is 2.21. The summed E-state index contributed by atoms with van der Waals surface area (Å²) in [5.74, 6) is -2.48. The fourth-order valence-electron chi connectivity index (χ4n) is 5.30. The molecule has 2 heterocycles. The number of rotatable bonds is 17. The average molecular weight is 657 g/mol. The SMILES string of the molecule is COC(=O)C(CC(C)C)NC(=O)C1CCCN1C(=O)C(NC(=O)C(CC/C=C/C(=O)C1CO1)NC(=O)OCc1ccccc1)C(C)C. The van der Waals surface area contributed by atoms with Gasteiger partial charge in [-0.15, -0.1) is 0 Å². The minimum absolute atomic E-state index is 0.00364. The third-order valence-corrected chi connectivity index (χ3v) is 7.95. The third kappa shape index (κ3) is 11.8. The highest BCUT2D eigenvalue weighted by Gasteiger charge is 2.40. The summed E-state index contributed by atoms with van der Waals surface area (Å²) < 4.78 is 15.2. The predicted octanol–water partition coefficient (Wildman–Crippen LogP) is 2.42. The van der Waals surface area contributed by atoms with E-state index in [0.717, 1.165) is 5.56 Å². The number of nitrogens with zero attached hydrogens (tertiary/aromatic N) is 1. The van der Waals surface area contributed by atoms with Crippen LogP contribution >= 0.6 is 0 Å². The van der Waals surface area contributed by atoms with Crippen LogP contribution in [-0.4, -0.2) is 91.0 Å². The van der Waals surface area contributed by atoms with Crippen molar-refractivity contribution in [2.24, 2.45) is 11.8 Å². The largest absolute Gasteiger partial charge is 0.467 e. The van der Waals surface area contributed by atoms with Crippen LogP contribution in [0.25, 0.3) is 0 Å². The number of methoxy groups -OCH3 is 1. The molecule has 0 aliphatic carbocycles. The van der Waals surface area contributed by atoms with Gasteiger partial charge in [-0.05, 0) is 55.6 Å². The first-order chi connectivity index (χ1) is 22.4. The van der Waals surface area contributed by atoms with Crippen molar-refractivity contribution < 1.29 is 43.0 Å². The zero-order chi connectivity index (χ0) is 34.5. The average Bonchev–Trinajstić information content (AvgIpc) is 3.78. The number of amides is 4. The fourth-order valence-corrected chi connectivity index (χ4v) is 5.30. The molecule has 13 nitrogen and oxygen atoms in total. The maximum atomic E-state index is 13.9. The van der Waals surface area contributed by atoms with Crippen LogP contribution in [0.1, 0.15) is 65.4 Å². The molecule has 258 valence electrons. The number of hydrogen-bond donors (Lipinski definition) is 3. The van der Waals surface area contributed by atoms with E-state index in [1.165, 1.54) is 18.1 Å². The van der Waals surface area contributed by atoms with Crippen molar-refractivity contribution in [3.8, 4) is 0 Å². The molecule has 2 fully saturated rings. The number of ether oxygens (including phenoxy) is 3. The number of hydrogen-bond acceptors (Lipinski definition) is 9. The maximum Gasteiger partial charge on any atom is 0.408 e. The number of carbonyl (C=O) groups excluding carboxylic acids is 6. The Balaban J connectivity index is 1.69. The standard InChI is InChI=1S/C34H48N4O9/c1-21(2)18-25(33(43)45-5)35-31(41)26-15-11-17-38(26)32(42)29(22(3)4)37-30(40)24(14-9-10-16-27(39)28-20-46-28)36-34(44)47-19-23-12-7-6-8-13-23/h6-8,10,12-13,16,21-22,24-26,28-29H,9,11,14-15,17-20H2,1-5H3,(H,35,41)(H,36,44)(H,37,40)/b16-10+. The molecule has 0 bridgehead atoms. The quantitative estimate of drug-likeness (QED) is 0.129. The molecule has 13 heteroatoms. The number of ketones is 1. The van der Waals surface area contributed by atoms with Crippen LogP contribution < -0.4 is 16.0 Å². The Hall–Kier alpha value is -4.26. The van der Waals surface area contributed by atoms with Gasteiger partial charge in [-0.2, -0.15) is 0 Å². The lowest BCUT2D eigenvalue weighted by molar-refractivity contribution is -0.147. The minimum atomic E-state index is -1.08. The van der Waals surface area contributed by atoms with E-state index in [9.17, 15) is 28.8 Å². The molecule has 3 N–H and O–H groups in total. The molecule has 5 unspecified atom stereocenters. The second kappa shape index (κ2) is 18.2. The van der Waals surface area contributed by atoms with Crippen molar-refractivity contribution in [1.82, 2.24) is 20.9 Å². The van der Waals surface area contributed by atoms with E-state index in [4.69, 9.17) is 14.2 Å². The second-order valence-electron chi connectivity index (χ2n) is 12.6. The van der Waals surface area contributed by atoms with Crippen LogP contribution in [0.3, 0.4) is 0 Å². The Morgan fingerprint density at radius 3 is 2.32 bits per heavy atom. The number of benzene rings is 1. The van der Waals surface area contributed by atoms with Gasteiger partial charge < -0.3 is 35.1 Å². The van der Waals surface area contributed by atoms with Gasteiger partial charge in [0.2, 0.25) is 17.7 Å². The molecule has 1 aromatic carbocycles. The number of alkyl carbamates (subject to hydrolysis) is 1. The van der Waals surface area contributed by atoms with Crippen LogP contribution in [-0.2, 0) is 44.8 Å². The molecule has 1 aromatic rings. The Kier molecular flexibility index (Phi) is 14.4. The Bertz CT molecular complexity index is 1280. The van der Waals surface area contributed by atoms with Gasteiger partial charge in [-0.1, -0.05) is 64.1 Å². The molecule has 3 rings (SSSR count). The number of nitrogens with one attached hydrogen (secondary N) is 3. The highest BCUT2D eigenvalue weighted by atomic mass is 16.6. The number of carbonyl (C=O) groups is 6. The number of allylic oxidation sites excluding steroid dienone is 1. The summed E-state index contributed by atoms with van der Waals surface area (Å²) in [4.78, 5) is 79.2. The summed E-state index contributed by atoms with van der Waals surface area (Å²) in [6, 6.07) is 5.31. The summed E-state index contributed by atoms with van der Waals surface area (Å²) in [6.45, 7) is 8.08. The molecule has 0 radical (unpaired) electrons. The van der Waals surface area contributed by atoms with Crippen molar-refractivity contribution in [2.45, 2.75) is 96.7 Å². The first kappa shape index (κ1) is 37.2. The predicted molar refractivity (Wildman–Crippen MR) is 172 cm³/mol. The lowest BCUT2D eigenvalue weighted by Gasteiger charge is -2.32. The van der Waals surface area contributed by atoms with E-state index in [1.54, 1.807) is 32.1 Å². The summed E-state index contributed by atoms with van der Waals surface area (Å²) in [7, 11) is 1.26. The zero-order valence-electron chi connectivity index (χ0n) is 27.9. The van der Waals surface area contributed by atoms with Crippen LogP contribution in [0.2, 0.25) is 0 Å². The van der Waals surface area contributed by atoms with Crippen molar-refractivity contribution in [3.05, 3.63) is 48.0 Å². The number of esters is 1. The van der Waals surface area contributed by atoms with Gasteiger partial charge in [-0.3, -0.25) is 19.2 Å². The van der Waals surface area contributed by atoms with Gasteiger partial charge >= 0.3 is 12.1 Å². The molecule has 47 heavy (non-hydrogen) atoms. The van der Waals surface area contributed by atoms with Crippen molar-refractivity contribution in [1.29, 1.82) is 0 Å². The topological polar surface area (TPSA) is 173 Å². The number of epoxide rings is 1. The molecular weight excluding hydrogens is 608 g/mol. The lowest BCUT2D eigenvalue weighted by Crippen LogP contribution is -2.59. The molecule has 5 atom stereocenters. The Morgan fingerprint density at radius 2 is 1.70 bits per heavy atom. The van der Waals surface area contributed by atoms with Crippen molar-refractivity contribution in [3.63, 3.8) is 0 Å². The normalized spacial score (nSPS) is 19.2. The van der Waals surface area contributed by atoms with Gasteiger partial charge in [0.15, 0.2) is 5.78 Å². The lowest BCUT2D eigenvalue weighted by atomic mass is 10.0. The van der Waals surface area contributed by atoms with E-state index in [1.807, 2.05) is 32.0 Å². The van der Waals surface area contributed by atoms with Gasteiger partial charge in [0, 0.05) is 6.54 Å². The first-order valence-electron chi connectivity index (χ1n) is 16.2. The van der Waals surface area contributed by atoms with E-state index < -0.39 is 60.1 Å². The summed E-state index contributed by atoms with van der Waals surface area (Å²) >= 11 is 0. The van der Waals surface area contributed by atoms with Crippen LogP contribution in [0, 0.1) is 11.8 Å². The van der Waals surface area contributed by atoms with Crippen molar-refractivity contribution in [2.75, 3.05) is 20.3 Å². The first-order valence-corrected chi connectivity index (χ1v) is 16.2. The highest BCUT2D eigenvalue weighted by molar-refractivity contribution is 5.96. The van der Waals surface area contributed by atoms with E-state index in [-0.39, 0.29) is 37.1 Å². The van der Waals surface area contributed by atoms with Crippen LogP contribution in [0.5, 0.6) is 0 Å². The van der Waals surface area contributed by atoms with Crippen LogP contribution in [0.4, 0.5) is 4.79 Å². The Morgan fingerprint density at radius 1 is 1.00 bits per heavy atom. The summed E-state index contributed by atoms with van der Waals surface area (Å²) in [5, 5.41) is 8.13. The van der Waals surface area contributed by atoms with Crippen LogP contribution in [0.15, 0.2) is 42.5 Å². The Labute approximate surface area is 276 Å². The molecule has 2 aliphatic heterocycles. The van der Waals surface area contributed by atoms with E-state index in [2.05, 4.69) is 16.0 Å². The molecule has 0 aromatic heterocycles. The smallest absolute Gasteiger partial charge is 0.408 e. The van der Waals surface area contributed by atoms with Gasteiger partial charge in [-0.25, -0.2) is 9.59 Å². The van der Waals surface area contributed by atoms with E-state index >= 15 is 0 Å². The fraction of sp³-hybridized carbons (Fsp3) is 0.588. The van der Waals surface area contributed by atoms with E-state index in [0.29, 0.717) is 32.4 Å². The maximum absolute atomic E-state index is 13.9. The van der Waals surface area contributed by atoms with Gasteiger partial charge in [0.1, 0.15) is 36.9 Å². The van der Waals surface area contributed by atoms with Gasteiger partial charge in [0.25, 0.3) is 0 Å². The minimum Gasteiger partial charge on any atom is -0.467 e. The second-order valence-corrected chi connectivity index (χ2v) is 12.6. The third-order valence-electron chi connectivity index (χ3n) is 7.95. The molecule has 2 aliphatic rings. The van der Waals surface area contributed by atoms with Crippen molar-refractivity contribution >= 4 is 35.6 Å². The molecule has 4 amide bonds. The zero-order valence-corrected chi connectivity index (χ0v) is 27.9. The molecular formula is C34H48N4O9. The summed E-state index contributed by atoms with van der Waals surface area (Å²) in [6.07, 6.45) is 3.53. The molecule has 0 spiro atoms. The molecule has 0 saturated carbocycles. The monoisotopic (exact) mass is 656 g/mol. The number of likely N-dealkylation sites (tertiary alicyclic amines) is 1. The van der Waals surface area contributed by atoms with Gasteiger partial charge in [0.05, 0.1) is 13.7 Å².